The van der Waals surface area contributed by atoms with E-state index >= 15 is 0 Å². The van der Waals surface area contributed by atoms with Crippen molar-refractivity contribution in [2.24, 2.45) is 0 Å². The molecule has 0 nitrogen and oxygen atoms in total. The van der Waals surface area contributed by atoms with Gasteiger partial charge in [-0.05, 0) is 56.3 Å². The Kier molecular flexibility index (Phi) is 5.60. The lowest BCUT2D eigenvalue weighted by molar-refractivity contribution is 0.667. The predicted octanol–water partition coefficient (Wildman–Crippen LogP) is 5.40. The molecule has 0 aliphatic rings. The Morgan fingerprint density at radius 3 is 2.54 bits per heavy atom. The van der Waals surface area contributed by atoms with Gasteiger partial charge in [0.05, 0.1) is 7.57 Å². The van der Waals surface area contributed by atoms with E-state index in [1.165, 1.54) is 45.2 Å². The van der Waals surface area contributed by atoms with Crippen molar-refractivity contribution in [1.82, 2.24) is 0 Å². The molecule has 0 fully saturated rings. The minimum absolute atomic E-state index is 1.21. The van der Waals surface area contributed by atoms with Crippen LogP contribution in [0.15, 0.2) is 13.6 Å². The van der Waals surface area contributed by atoms with Crippen LogP contribution in [0.5, 0.6) is 0 Å². The van der Waals surface area contributed by atoms with E-state index in [2.05, 4.69) is 44.8 Å². The lowest BCUT2D eigenvalue weighted by Crippen LogP contribution is -1.83. The second-order valence-corrected chi connectivity index (χ2v) is 6.91. The van der Waals surface area contributed by atoms with Crippen LogP contribution in [0, 0.1) is 0 Å². The topological polar surface area (TPSA) is 0 Å². The van der Waals surface area contributed by atoms with E-state index in [0.29, 0.717) is 0 Å². The number of thiophene rings is 1. The summed E-state index contributed by atoms with van der Waals surface area (Å²) in [6.07, 6.45) is 6.56. The van der Waals surface area contributed by atoms with Crippen LogP contribution in [0.25, 0.3) is 0 Å². The molecule has 0 saturated carbocycles. The molecule has 0 amide bonds. The van der Waals surface area contributed by atoms with Gasteiger partial charge in [0.2, 0.25) is 0 Å². The fraction of sp³-hybridized carbons (Fsp3) is 0.600. The van der Waals surface area contributed by atoms with Crippen molar-refractivity contribution in [2.75, 3.05) is 0 Å². The molecule has 0 bridgehead atoms. The first-order chi connectivity index (χ1) is 6.24. The number of unbranched alkanes of at least 4 members (excludes halogenated alkanes) is 3. The predicted molar refractivity (Wildman–Crippen MR) is 67.6 cm³/mol. The quantitative estimate of drug-likeness (QED) is 0.636. The molecule has 0 aromatic carbocycles. The van der Waals surface area contributed by atoms with Crippen LogP contribution < -0.4 is 0 Å². The Bertz CT molecular complexity index is 255. The van der Waals surface area contributed by atoms with Gasteiger partial charge in [0, 0.05) is 0 Å². The van der Waals surface area contributed by atoms with Crippen molar-refractivity contribution < 1.29 is 0 Å². The summed E-state index contributed by atoms with van der Waals surface area (Å²) in [6, 6.07) is 2.22. The molecule has 13 heavy (non-hydrogen) atoms. The second-order valence-electron chi connectivity index (χ2n) is 3.16. The fourth-order valence-electron chi connectivity index (χ4n) is 1.29. The van der Waals surface area contributed by atoms with E-state index in [4.69, 9.17) is 0 Å². The summed E-state index contributed by atoms with van der Waals surface area (Å²) in [5, 5.41) is 0. The lowest BCUT2D eigenvalue weighted by Gasteiger charge is -1.98. The van der Waals surface area contributed by atoms with E-state index in [-0.39, 0.29) is 0 Å². The van der Waals surface area contributed by atoms with Gasteiger partial charge >= 0.3 is 0 Å². The number of hydrogen-bond donors (Lipinski definition) is 0. The fourth-order valence-corrected chi connectivity index (χ4v) is 4.20. The van der Waals surface area contributed by atoms with Crippen LogP contribution in [0.4, 0.5) is 0 Å². The number of aryl methyl sites for hydroxylation is 1. The van der Waals surface area contributed by atoms with Gasteiger partial charge in [-0.2, -0.15) is 0 Å². The Morgan fingerprint density at radius 2 is 2.00 bits per heavy atom. The Hall–Kier alpha value is 0.660. The van der Waals surface area contributed by atoms with Crippen molar-refractivity contribution in [1.29, 1.82) is 0 Å². The third-order valence-electron chi connectivity index (χ3n) is 2.03. The maximum Gasteiger partial charge on any atom is 0.0742 e. The molecule has 0 aliphatic carbocycles. The van der Waals surface area contributed by atoms with Crippen LogP contribution in [0.2, 0.25) is 0 Å². The molecule has 1 aromatic rings. The highest BCUT2D eigenvalue weighted by Gasteiger charge is 2.03. The maximum atomic E-state index is 3.57. The highest BCUT2D eigenvalue weighted by Crippen LogP contribution is 2.32. The van der Waals surface area contributed by atoms with Gasteiger partial charge in [-0.3, -0.25) is 0 Å². The van der Waals surface area contributed by atoms with Gasteiger partial charge < -0.3 is 0 Å². The first-order valence-electron chi connectivity index (χ1n) is 4.67. The van der Waals surface area contributed by atoms with Crippen molar-refractivity contribution in [3.63, 3.8) is 0 Å². The average molecular weight is 326 g/mol. The van der Waals surface area contributed by atoms with Crippen molar-refractivity contribution in [3.05, 3.63) is 19.2 Å². The molecule has 0 unspecified atom stereocenters. The minimum Gasteiger partial charge on any atom is -0.121 e. The Labute approximate surface area is 101 Å². The molecule has 0 N–H and O–H groups in total. The molecule has 1 heterocycles. The molecule has 0 spiro atoms. The molecular formula is C10H14Br2S. The minimum atomic E-state index is 1.21. The Morgan fingerprint density at radius 1 is 1.23 bits per heavy atom. The third kappa shape index (κ3) is 4.13. The van der Waals surface area contributed by atoms with E-state index in [1.807, 2.05) is 0 Å². The highest BCUT2D eigenvalue weighted by molar-refractivity contribution is 9.12. The monoisotopic (exact) mass is 324 g/mol. The van der Waals surface area contributed by atoms with Crippen LogP contribution in [0.3, 0.4) is 0 Å². The first-order valence-corrected chi connectivity index (χ1v) is 7.08. The smallest absolute Gasteiger partial charge is 0.0742 e. The molecule has 3 heteroatoms. The van der Waals surface area contributed by atoms with Crippen LogP contribution >= 0.6 is 43.2 Å². The van der Waals surface area contributed by atoms with Gasteiger partial charge in [-0.1, -0.05) is 26.2 Å². The Balaban J connectivity index is 2.32. The second kappa shape index (κ2) is 6.20. The molecule has 1 rings (SSSR count). The van der Waals surface area contributed by atoms with Crippen molar-refractivity contribution in [2.45, 2.75) is 39.0 Å². The highest BCUT2D eigenvalue weighted by atomic mass is 79.9. The van der Waals surface area contributed by atoms with E-state index < -0.39 is 0 Å². The molecule has 0 radical (unpaired) electrons. The SMILES string of the molecule is CCCCCCc1cc(Br)sc1Br. The first kappa shape index (κ1) is 11.7. The molecule has 0 saturated heterocycles. The molecule has 1 aromatic heterocycles. The zero-order valence-electron chi connectivity index (χ0n) is 7.78. The van der Waals surface area contributed by atoms with Gasteiger partial charge in [0.25, 0.3) is 0 Å². The molecular weight excluding hydrogens is 312 g/mol. The molecule has 0 aliphatic heterocycles. The summed E-state index contributed by atoms with van der Waals surface area (Å²) >= 11 is 8.84. The summed E-state index contributed by atoms with van der Waals surface area (Å²) < 4.78 is 2.51. The van der Waals surface area contributed by atoms with E-state index in [0.717, 1.165) is 0 Å². The standard InChI is InChI=1S/C10H14Br2S/c1-2-3-4-5-6-8-7-9(11)13-10(8)12/h7H,2-6H2,1H3. The number of rotatable bonds is 5. The van der Waals surface area contributed by atoms with Gasteiger partial charge in [-0.25, -0.2) is 0 Å². The zero-order valence-corrected chi connectivity index (χ0v) is 11.8. The van der Waals surface area contributed by atoms with Gasteiger partial charge in [-0.15, -0.1) is 11.3 Å². The molecule has 0 atom stereocenters. The summed E-state index contributed by atoms with van der Waals surface area (Å²) in [4.78, 5) is 0. The summed E-state index contributed by atoms with van der Waals surface area (Å²) in [7, 11) is 0. The van der Waals surface area contributed by atoms with Crippen LogP contribution in [0.1, 0.15) is 38.2 Å². The van der Waals surface area contributed by atoms with Gasteiger partial charge in [0.15, 0.2) is 0 Å². The van der Waals surface area contributed by atoms with Crippen molar-refractivity contribution in [3.8, 4) is 0 Å². The number of halogens is 2. The van der Waals surface area contributed by atoms with E-state index in [9.17, 15) is 0 Å². The molecule has 74 valence electrons. The largest absolute Gasteiger partial charge is 0.121 e. The summed E-state index contributed by atoms with van der Waals surface area (Å²) in [5.41, 5.74) is 1.45. The maximum absolute atomic E-state index is 3.57. The van der Waals surface area contributed by atoms with Crippen LogP contribution in [-0.2, 0) is 6.42 Å². The van der Waals surface area contributed by atoms with Crippen LogP contribution in [-0.4, -0.2) is 0 Å². The number of hydrogen-bond acceptors (Lipinski definition) is 1. The van der Waals surface area contributed by atoms with E-state index in [1.54, 1.807) is 11.3 Å². The summed E-state index contributed by atoms with van der Waals surface area (Å²) in [5.74, 6) is 0. The lowest BCUT2D eigenvalue weighted by atomic mass is 10.1. The zero-order chi connectivity index (χ0) is 9.68. The summed E-state index contributed by atoms with van der Waals surface area (Å²) in [6.45, 7) is 2.25. The van der Waals surface area contributed by atoms with Gasteiger partial charge in [0.1, 0.15) is 0 Å². The van der Waals surface area contributed by atoms with Crippen molar-refractivity contribution >= 4 is 43.2 Å². The third-order valence-corrected chi connectivity index (χ3v) is 4.49. The average Bonchev–Trinajstić information content (AvgIpc) is 2.39. The normalized spacial score (nSPS) is 10.7.